The number of halogens is 2. The van der Waals surface area contributed by atoms with Gasteiger partial charge in [0.25, 0.3) is 0 Å². The fourth-order valence-corrected chi connectivity index (χ4v) is 1.79. The van der Waals surface area contributed by atoms with Crippen molar-refractivity contribution in [1.82, 2.24) is 4.90 Å². The predicted octanol–water partition coefficient (Wildman–Crippen LogP) is 2.90. The highest BCUT2D eigenvalue weighted by atomic mass is 35.5. The Balaban J connectivity index is 2.44. The summed E-state index contributed by atoms with van der Waals surface area (Å²) in [7, 11) is 2.04. The second-order valence-corrected chi connectivity index (χ2v) is 5.02. The molecule has 0 saturated heterocycles. The summed E-state index contributed by atoms with van der Waals surface area (Å²) in [6.45, 7) is 4.61. The monoisotopic (exact) mass is 258 g/mol. The summed E-state index contributed by atoms with van der Waals surface area (Å²) < 4.78 is 13.0. The molecule has 2 N–H and O–H groups in total. The molecule has 0 radical (unpaired) electrons. The van der Waals surface area contributed by atoms with Crippen molar-refractivity contribution in [2.75, 3.05) is 20.1 Å². The molecule has 1 atom stereocenters. The van der Waals surface area contributed by atoms with E-state index in [9.17, 15) is 4.39 Å². The van der Waals surface area contributed by atoms with Crippen LogP contribution in [0.5, 0.6) is 0 Å². The van der Waals surface area contributed by atoms with Gasteiger partial charge in [0, 0.05) is 6.54 Å². The van der Waals surface area contributed by atoms with Crippen molar-refractivity contribution in [3.8, 4) is 0 Å². The van der Waals surface area contributed by atoms with Gasteiger partial charge in [-0.25, -0.2) is 4.39 Å². The lowest BCUT2D eigenvalue weighted by atomic mass is 10.1. The van der Waals surface area contributed by atoms with Gasteiger partial charge in [-0.2, -0.15) is 0 Å². The summed E-state index contributed by atoms with van der Waals surface area (Å²) in [5, 5.41) is 0.186. The van der Waals surface area contributed by atoms with E-state index in [4.69, 9.17) is 17.3 Å². The summed E-state index contributed by atoms with van der Waals surface area (Å²) in [6.07, 6.45) is 1.07. The third-order valence-electron chi connectivity index (χ3n) is 2.84. The molecule has 1 aromatic rings. The van der Waals surface area contributed by atoms with Crippen LogP contribution in [0.15, 0.2) is 18.2 Å². The highest BCUT2D eigenvalue weighted by molar-refractivity contribution is 6.30. The number of benzene rings is 1. The van der Waals surface area contributed by atoms with Crippen molar-refractivity contribution in [3.05, 3.63) is 34.6 Å². The first-order valence-electron chi connectivity index (χ1n) is 5.85. The zero-order valence-electron chi connectivity index (χ0n) is 10.4. The molecule has 0 aliphatic carbocycles. The van der Waals surface area contributed by atoms with Gasteiger partial charge in [-0.15, -0.1) is 0 Å². The van der Waals surface area contributed by atoms with E-state index in [1.165, 1.54) is 6.07 Å². The van der Waals surface area contributed by atoms with Gasteiger partial charge in [0.15, 0.2) is 0 Å². The first-order valence-corrected chi connectivity index (χ1v) is 6.23. The SMILES string of the molecule is CC(CN)CCN(C)Cc1ccc(F)c(Cl)c1. The van der Waals surface area contributed by atoms with Gasteiger partial charge >= 0.3 is 0 Å². The van der Waals surface area contributed by atoms with Gasteiger partial charge < -0.3 is 10.6 Å². The normalized spacial score (nSPS) is 13.1. The molecule has 0 aromatic heterocycles. The van der Waals surface area contributed by atoms with E-state index >= 15 is 0 Å². The number of hydrogen-bond acceptors (Lipinski definition) is 2. The lowest BCUT2D eigenvalue weighted by molar-refractivity contribution is 0.300. The van der Waals surface area contributed by atoms with Gasteiger partial charge in [0.05, 0.1) is 5.02 Å². The Hall–Kier alpha value is -0.640. The van der Waals surface area contributed by atoms with Crippen LogP contribution in [0.25, 0.3) is 0 Å². The first-order chi connectivity index (χ1) is 8.02. The standard InChI is InChI=1S/C13H20ClFN2/c1-10(8-16)5-6-17(2)9-11-3-4-13(15)12(14)7-11/h3-4,7,10H,5-6,8-9,16H2,1-2H3. The van der Waals surface area contributed by atoms with E-state index in [2.05, 4.69) is 11.8 Å². The summed E-state index contributed by atoms with van der Waals surface area (Å²) in [5.74, 6) is 0.170. The third kappa shape index (κ3) is 5.02. The molecular formula is C13H20ClFN2. The van der Waals surface area contributed by atoms with Crippen molar-refractivity contribution in [2.45, 2.75) is 19.9 Å². The van der Waals surface area contributed by atoms with Crippen LogP contribution in [0.2, 0.25) is 5.02 Å². The molecule has 96 valence electrons. The smallest absolute Gasteiger partial charge is 0.141 e. The van der Waals surface area contributed by atoms with Crippen LogP contribution in [0.1, 0.15) is 18.9 Å². The number of rotatable bonds is 6. The van der Waals surface area contributed by atoms with Crippen LogP contribution < -0.4 is 5.73 Å². The lowest BCUT2D eigenvalue weighted by Crippen LogP contribution is -2.23. The Kier molecular flexibility index (Phi) is 5.89. The molecule has 1 unspecified atom stereocenters. The molecule has 0 bridgehead atoms. The van der Waals surface area contributed by atoms with Crippen molar-refractivity contribution in [3.63, 3.8) is 0 Å². The largest absolute Gasteiger partial charge is 0.330 e. The van der Waals surface area contributed by atoms with Crippen LogP contribution in [0.4, 0.5) is 4.39 Å². The second kappa shape index (κ2) is 6.94. The topological polar surface area (TPSA) is 29.3 Å². The molecule has 0 aliphatic heterocycles. The Morgan fingerprint density at radius 1 is 1.47 bits per heavy atom. The lowest BCUT2D eigenvalue weighted by Gasteiger charge is -2.18. The molecule has 0 aliphatic rings. The fraction of sp³-hybridized carbons (Fsp3) is 0.538. The molecule has 0 spiro atoms. The molecule has 4 heteroatoms. The number of nitrogens with zero attached hydrogens (tertiary/aromatic N) is 1. The van der Waals surface area contributed by atoms with Crippen molar-refractivity contribution >= 4 is 11.6 Å². The summed E-state index contributed by atoms with van der Waals surface area (Å²) in [6, 6.07) is 4.86. The maximum atomic E-state index is 13.0. The first kappa shape index (κ1) is 14.4. The summed E-state index contributed by atoms with van der Waals surface area (Å²) >= 11 is 5.74. The number of nitrogens with two attached hydrogens (primary N) is 1. The Bertz CT molecular complexity index is 357. The van der Waals surface area contributed by atoms with Crippen LogP contribution >= 0.6 is 11.6 Å². The maximum Gasteiger partial charge on any atom is 0.141 e. The van der Waals surface area contributed by atoms with Crippen molar-refractivity contribution in [2.24, 2.45) is 11.7 Å². The molecule has 17 heavy (non-hydrogen) atoms. The van der Waals surface area contributed by atoms with E-state index < -0.39 is 0 Å². The van der Waals surface area contributed by atoms with Gasteiger partial charge in [-0.05, 0) is 50.2 Å². The Labute approximate surface area is 108 Å². The average Bonchev–Trinajstić information content (AvgIpc) is 2.31. The Morgan fingerprint density at radius 3 is 2.76 bits per heavy atom. The minimum atomic E-state index is -0.366. The van der Waals surface area contributed by atoms with E-state index in [-0.39, 0.29) is 10.8 Å². The van der Waals surface area contributed by atoms with Crippen LogP contribution in [0.3, 0.4) is 0 Å². The zero-order chi connectivity index (χ0) is 12.8. The van der Waals surface area contributed by atoms with E-state index in [0.29, 0.717) is 5.92 Å². The third-order valence-corrected chi connectivity index (χ3v) is 3.13. The van der Waals surface area contributed by atoms with Crippen LogP contribution in [-0.4, -0.2) is 25.0 Å². The van der Waals surface area contributed by atoms with Crippen molar-refractivity contribution in [1.29, 1.82) is 0 Å². The highest BCUT2D eigenvalue weighted by Crippen LogP contribution is 2.17. The van der Waals surface area contributed by atoms with Gasteiger partial charge in [0.1, 0.15) is 5.82 Å². The van der Waals surface area contributed by atoms with E-state index in [1.807, 2.05) is 7.05 Å². The number of hydrogen-bond donors (Lipinski definition) is 1. The second-order valence-electron chi connectivity index (χ2n) is 4.62. The molecule has 1 rings (SSSR count). The minimum absolute atomic E-state index is 0.186. The minimum Gasteiger partial charge on any atom is -0.330 e. The summed E-state index contributed by atoms with van der Waals surface area (Å²) in [4.78, 5) is 2.19. The van der Waals surface area contributed by atoms with Crippen molar-refractivity contribution < 1.29 is 4.39 Å². The molecule has 0 saturated carbocycles. The fourth-order valence-electron chi connectivity index (χ4n) is 1.59. The van der Waals surface area contributed by atoms with Crippen LogP contribution in [0, 0.1) is 11.7 Å². The Morgan fingerprint density at radius 2 is 2.18 bits per heavy atom. The van der Waals surface area contributed by atoms with Gasteiger partial charge in [-0.3, -0.25) is 0 Å². The maximum absolute atomic E-state index is 13.0. The molecular weight excluding hydrogens is 239 g/mol. The molecule has 2 nitrogen and oxygen atoms in total. The highest BCUT2D eigenvalue weighted by Gasteiger charge is 2.06. The molecule has 0 fully saturated rings. The summed E-state index contributed by atoms with van der Waals surface area (Å²) in [5.41, 5.74) is 6.60. The molecule has 0 heterocycles. The zero-order valence-corrected chi connectivity index (χ0v) is 11.2. The van der Waals surface area contributed by atoms with Gasteiger partial charge in [-0.1, -0.05) is 24.6 Å². The van der Waals surface area contributed by atoms with E-state index in [1.54, 1.807) is 12.1 Å². The molecule has 0 amide bonds. The quantitative estimate of drug-likeness (QED) is 0.850. The van der Waals surface area contributed by atoms with E-state index in [0.717, 1.165) is 31.6 Å². The predicted molar refractivity (Wildman–Crippen MR) is 70.6 cm³/mol. The van der Waals surface area contributed by atoms with Gasteiger partial charge in [0.2, 0.25) is 0 Å². The molecule has 1 aromatic carbocycles. The average molecular weight is 259 g/mol. The van der Waals surface area contributed by atoms with Crippen LogP contribution in [-0.2, 0) is 6.54 Å².